The molecular weight excluding hydrogens is 341 g/mol. The number of halogens is 2. The minimum absolute atomic E-state index is 0.109. The molecule has 25 heavy (non-hydrogen) atoms. The normalized spacial score (nSPS) is 10.7. The van der Waals surface area contributed by atoms with Crippen LogP contribution in [0.2, 0.25) is 5.02 Å². The predicted octanol–water partition coefficient (Wildman–Crippen LogP) is 3.85. The summed E-state index contributed by atoms with van der Waals surface area (Å²) in [5.74, 6) is -1.12. The average Bonchev–Trinajstić information content (AvgIpc) is 3.01. The number of nitrogens with one attached hydrogen (secondary N) is 1. The fourth-order valence-corrected chi connectivity index (χ4v) is 2.87. The Hall–Kier alpha value is -2.66. The van der Waals surface area contributed by atoms with Crippen molar-refractivity contribution in [2.45, 2.75) is 6.42 Å². The molecule has 6 heteroatoms. The number of nitrogens with zero attached hydrogens (tertiary/aromatic N) is 2. The van der Waals surface area contributed by atoms with Gasteiger partial charge in [-0.1, -0.05) is 41.9 Å². The van der Waals surface area contributed by atoms with Gasteiger partial charge in [-0.05, 0) is 35.7 Å². The molecule has 1 N–H and O–H groups in total. The van der Waals surface area contributed by atoms with Crippen LogP contribution in [0.25, 0.3) is 11.3 Å². The van der Waals surface area contributed by atoms with Crippen molar-refractivity contribution in [2.75, 3.05) is 6.54 Å². The smallest absolute Gasteiger partial charge is 0.255 e. The Labute approximate surface area is 150 Å². The molecule has 0 aliphatic heterocycles. The van der Waals surface area contributed by atoms with E-state index in [0.717, 1.165) is 16.8 Å². The van der Waals surface area contributed by atoms with Crippen molar-refractivity contribution in [1.82, 2.24) is 15.1 Å². The van der Waals surface area contributed by atoms with E-state index in [4.69, 9.17) is 11.6 Å². The molecule has 128 valence electrons. The van der Waals surface area contributed by atoms with Crippen molar-refractivity contribution < 1.29 is 9.18 Å². The van der Waals surface area contributed by atoms with Gasteiger partial charge in [-0.2, -0.15) is 5.10 Å². The van der Waals surface area contributed by atoms with Crippen molar-refractivity contribution in [2.24, 2.45) is 7.05 Å². The van der Waals surface area contributed by atoms with Gasteiger partial charge in [0.05, 0.1) is 16.3 Å². The molecule has 2 aromatic carbocycles. The molecule has 0 saturated heterocycles. The Kier molecular flexibility index (Phi) is 5.14. The third kappa shape index (κ3) is 3.88. The summed E-state index contributed by atoms with van der Waals surface area (Å²) in [5, 5.41) is 6.97. The van der Waals surface area contributed by atoms with Crippen LogP contribution in [0.3, 0.4) is 0 Å². The van der Waals surface area contributed by atoms with Gasteiger partial charge in [-0.3, -0.25) is 9.48 Å². The molecule has 0 radical (unpaired) electrons. The molecule has 1 heterocycles. The maximum absolute atomic E-state index is 13.7. The van der Waals surface area contributed by atoms with E-state index in [9.17, 15) is 9.18 Å². The van der Waals surface area contributed by atoms with Crippen LogP contribution in [0.5, 0.6) is 0 Å². The second-order valence-corrected chi connectivity index (χ2v) is 6.05. The van der Waals surface area contributed by atoms with Gasteiger partial charge in [-0.15, -0.1) is 0 Å². The molecule has 3 rings (SSSR count). The lowest BCUT2D eigenvalue weighted by atomic mass is 10.1. The van der Waals surface area contributed by atoms with Crippen molar-refractivity contribution in [3.05, 3.63) is 76.7 Å². The SMILES string of the molecule is Cn1nccc1-c1ccc(CCNC(=O)c2c(F)cccc2Cl)cc1. The lowest BCUT2D eigenvalue weighted by molar-refractivity contribution is 0.0950. The number of aryl methyl sites for hydroxylation is 1. The van der Waals surface area contributed by atoms with Gasteiger partial charge in [0, 0.05) is 19.8 Å². The maximum atomic E-state index is 13.7. The predicted molar refractivity (Wildman–Crippen MR) is 96.1 cm³/mol. The summed E-state index contributed by atoms with van der Waals surface area (Å²) in [6.45, 7) is 0.397. The quantitative estimate of drug-likeness (QED) is 0.753. The fraction of sp³-hybridized carbons (Fsp3) is 0.158. The highest BCUT2D eigenvalue weighted by Crippen LogP contribution is 2.20. The largest absolute Gasteiger partial charge is 0.352 e. The van der Waals surface area contributed by atoms with E-state index in [1.54, 1.807) is 6.20 Å². The molecule has 4 nitrogen and oxygen atoms in total. The minimum Gasteiger partial charge on any atom is -0.352 e. The van der Waals surface area contributed by atoms with Crippen molar-refractivity contribution in [3.8, 4) is 11.3 Å². The van der Waals surface area contributed by atoms with Gasteiger partial charge in [-0.25, -0.2) is 4.39 Å². The average molecular weight is 358 g/mol. The first-order valence-corrected chi connectivity index (χ1v) is 8.23. The number of amides is 1. The van der Waals surface area contributed by atoms with Gasteiger partial charge in [0.15, 0.2) is 0 Å². The maximum Gasteiger partial charge on any atom is 0.255 e. The van der Waals surface area contributed by atoms with Crippen LogP contribution in [0, 0.1) is 5.82 Å². The van der Waals surface area contributed by atoms with Gasteiger partial charge in [0.2, 0.25) is 0 Å². The molecule has 1 amide bonds. The molecule has 3 aromatic rings. The standard InChI is InChI=1S/C19H17ClFN3O/c1-24-17(10-12-23-24)14-7-5-13(6-8-14)9-11-22-19(25)18-15(20)3-2-4-16(18)21/h2-8,10,12H,9,11H2,1H3,(H,22,25). The van der Waals surface area contributed by atoms with Gasteiger partial charge < -0.3 is 5.32 Å². The first-order valence-electron chi connectivity index (χ1n) is 7.86. The zero-order chi connectivity index (χ0) is 17.8. The van der Waals surface area contributed by atoms with E-state index in [1.807, 2.05) is 42.1 Å². The zero-order valence-corrected chi connectivity index (χ0v) is 14.4. The molecule has 0 atom stereocenters. The van der Waals surface area contributed by atoms with E-state index in [-0.39, 0.29) is 10.6 Å². The topological polar surface area (TPSA) is 46.9 Å². The van der Waals surface area contributed by atoms with Gasteiger partial charge in [0.1, 0.15) is 5.82 Å². The summed E-state index contributed by atoms with van der Waals surface area (Å²) in [6.07, 6.45) is 2.40. The summed E-state index contributed by atoms with van der Waals surface area (Å²) in [5.41, 5.74) is 3.07. The summed E-state index contributed by atoms with van der Waals surface area (Å²) in [7, 11) is 1.90. The first kappa shape index (κ1) is 17.2. The van der Waals surface area contributed by atoms with E-state index in [2.05, 4.69) is 10.4 Å². The molecular formula is C19H17ClFN3O. The lowest BCUT2D eigenvalue weighted by Gasteiger charge is -2.08. The zero-order valence-electron chi connectivity index (χ0n) is 13.7. The van der Waals surface area contributed by atoms with Crippen LogP contribution in [0.1, 0.15) is 15.9 Å². The number of aromatic nitrogens is 2. The van der Waals surface area contributed by atoms with Crippen LogP contribution < -0.4 is 5.32 Å². The fourth-order valence-electron chi connectivity index (χ4n) is 2.62. The Morgan fingerprint density at radius 2 is 1.96 bits per heavy atom. The molecule has 1 aromatic heterocycles. The summed E-state index contributed by atoms with van der Waals surface area (Å²) >= 11 is 5.89. The Bertz CT molecular complexity index is 870. The van der Waals surface area contributed by atoms with Crippen molar-refractivity contribution >= 4 is 17.5 Å². The van der Waals surface area contributed by atoms with Crippen LogP contribution in [-0.2, 0) is 13.5 Å². The highest BCUT2D eigenvalue weighted by atomic mass is 35.5. The first-order chi connectivity index (χ1) is 12.1. The molecule has 0 saturated carbocycles. The number of rotatable bonds is 5. The summed E-state index contributed by atoms with van der Waals surface area (Å²) in [4.78, 5) is 12.1. The van der Waals surface area contributed by atoms with Crippen LogP contribution in [0.4, 0.5) is 4.39 Å². The molecule has 0 spiro atoms. The van der Waals surface area contributed by atoms with E-state index < -0.39 is 11.7 Å². The summed E-state index contributed by atoms with van der Waals surface area (Å²) < 4.78 is 15.5. The monoisotopic (exact) mass is 357 g/mol. The number of benzene rings is 2. The van der Waals surface area contributed by atoms with Crippen LogP contribution in [-0.4, -0.2) is 22.2 Å². The molecule has 0 fully saturated rings. The minimum atomic E-state index is -0.620. The van der Waals surface area contributed by atoms with Crippen LogP contribution >= 0.6 is 11.6 Å². The third-order valence-corrected chi connectivity index (χ3v) is 4.27. The molecule has 0 bridgehead atoms. The molecule has 0 unspecified atom stereocenters. The van der Waals surface area contributed by atoms with Gasteiger partial charge >= 0.3 is 0 Å². The van der Waals surface area contributed by atoms with E-state index in [0.29, 0.717) is 13.0 Å². The number of carbonyl (C=O) groups is 1. The van der Waals surface area contributed by atoms with Crippen molar-refractivity contribution in [3.63, 3.8) is 0 Å². The van der Waals surface area contributed by atoms with Gasteiger partial charge in [0.25, 0.3) is 5.91 Å². The van der Waals surface area contributed by atoms with E-state index >= 15 is 0 Å². The van der Waals surface area contributed by atoms with Crippen molar-refractivity contribution in [1.29, 1.82) is 0 Å². The third-order valence-electron chi connectivity index (χ3n) is 3.96. The summed E-state index contributed by atoms with van der Waals surface area (Å²) in [6, 6.07) is 14.2. The second kappa shape index (κ2) is 7.49. The number of hydrogen-bond acceptors (Lipinski definition) is 2. The highest BCUT2D eigenvalue weighted by molar-refractivity contribution is 6.33. The number of hydrogen-bond donors (Lipinski definition) is 1. The van der Waals surface area contributed by atoms with E-state index in [1.165, 1.54) is 18.2 Å². The number of carbonyl (C=O) groups excluding carboxylic acids is 1. The molecule has 0 aliphatic carbocycles. The second-order valence-electron chi connectivity index (χ2n) is 5.64. The Balaban J connectivity index is 1.59. The Morgan fingerprint density at radius 1 is 1.20 bits per heavy atom. The van der Waals surface area contributed by atoms with Crippen LogP contribution in [0.15, 0.2) is 54.7 Å². The Morgan fingerprint density at radius 3 is 2.60 bits per heavy atom. The molecule has 0 aliphatic rings. The lowest BCUT2D eigenvalue weighted by Crippen LogP contribution is -2.26. The highest BCUT2D eigenvalue weighted by Gasteiger charge is 2.15.